The van der Waals surface area contributed by atoms with E-state index >= 15 is 0 Å². The van der Waals surface area contributed by atoms with Crippen LogP contribution in [-0.4, -0.2) is 53.4 Å². The third kappa shape index (κ3) is 2.68. The van der Waals surface area contributed by atoms with Gasteiger partial charge < -0.3 is 9.80 Å². The first-order chi connectivity index (χ1) is 8.96. The number of hydrogen-bond donors (Lipinski definition) is 2. The van der Waals surface area contributed by atoms with Crippen molar-refractivity contribution in [3.63, 3.8) is 0 Å². The molecule has 0 atom stereocenters. The van der Waals surface area contributed by atoms with Gasteiger partial charge in [-0.15, -0.1) is 0 Å². The Labute approximate surface area is 115 Å². The summed E-state index contributed by atoms with van der Waals surface area (Å²) in [5.74, 6) is 6.39. The number of piperazine rings is 1. The van der Waals surface area contributed by atoms with Crippen LogP contribution in [0, 0.1) is 0 Å². The van der Waals surface area contributed by atoms with Crippen molar-refractivity contribution in [1.29, 1.82) is 0 Å². The van der Waals surface area contributed by atoms with Gasteiger partial charge in [0.1, 0.15) is 5.54 Å². The molecule has 3 N–H and O–H groups in total. The summed E-state index contributed by atoms with van der Waals surface area (Å²) >= 11 is 0. The zero-order chi connectivity index (χ0) is 14.0. The molecular formula is C13H25N5O. The topological polar surface area (TPSA) is 74.0 Å². The Morgan fingerprint density at radius 3 is 2.58 bits per heavy atom. The maximum atomic E-state index is 12.3. The Bertz CT molecular complexity index is 373. The zero-order valence-electron chi connectivity index (χ0n) is 12.1. The molecule has 2 aliphatic rings. The van der Waals surface area contributed by atoms with Gasteiger partial charge >= 0.3 is 0 Å². The molecule has 2 rings (SSSR count). The van der Waals surface area contributed by atoms with Crippen LogP contribution in [0.25, 0.3) is 0 Å². The van der Waals surface area contributed by atoms with Gasteiger partial charge in [0, 0.05) is 20.1 Å². The number of rotatable bonds is 1. The van der Waals surface area contributed by atoms with E-state index in [0.717, 1.165) is 19.4 Å². The van der Waals surface area contributed by atoms with E-state index in [1.807, 2.05) is 25.8 Å². The number of amides is 1. The van der Waals surface area contributed by atoms with Crippen LogP contribution in [0.1, 0.15) is 39.5 Å². The fourth-order valence-electron chi connectivity index (χ4n) is 2.98. The predicted octanol–water partition coefficient (Wildman–Crippen LogP) is 0.301. The van der Waals surface area contributed by atoms with E-state index in [4.69, 9.17) is 10.8 Å². The van der Waals surface area contributed by atoms with Crippen molar-refractivity contribution in [1.82, 2.24) is 15.2 Å². The van der Waals surface area contributed by atoms with Crippen LogP contribution >= 0.6 is 0 Å². The third-order valence-electron chi connectivity index (χ3n) is 4.22. The molecule has 0 aromatic carbocycles. The second kappa shape index (κ2) is 5.36. The molecule has 0 bridgehead atoms. The van der Waals surface area contributed by atoms with E-state index in [2.05, 4.69) is 5.43 Å². The summed E-state index contributed by atoms with van der Waals surface area (Å²) in [6, 6.07) is 0.344. The number of nitrogens with zero attached hydrogens (tertiary/aromatic N) is 3. The lowest BCUT2D eigenvalue weighted by atomic mass is 9.98. The van der Waals surface area contributed by atoms with Gasteiger partial charge in [0.05, 0.1) is 6.04 Å². The van der Waals surface area contributed by atoms with Crippen LogP contribution in [0.5, 0.6) is 0 Å². The van der Waals surface area contributed by atoms with Crippen molar-refractivity contribution >= 4 is 11.9 Å². The van der Waals surface area contributed by atoms with Crippen LogP contribution in [-0.2, 0) is 4.79 Å². The highest BCUT2D eigenvalue weighted by molar-refractivity contribution is 5.92. The van der Waals surface area contributed by atoms with E-state index in [-0.39, 0.29) is 5.91 Å². The molecule has 1 aliphatic carbocycles. The average Bonchev–Trinajstić information content (AvgIpc) is 2.87. The van der Waals surface area contributed by atoms with Crippen LogP contribution in [0.15, 0.2) is 4.99 Å². The summed E-state index contributed by atoms with van der Waals surface area (Å²) in [5.41, 5.74) is 2.09. The number of likely N-dealkylation sites (N-methyl/N-ethyl adjacent to an activating group) is 1. The Kier molecular flexibility index (Phi) is 3.99. The normalized spacial score (nSPS) is 25.1. The molecule has 0 aromatic rings. The molecule has 2 fully saturated rings. The van der Waals surface area contributed by atoms with E-state index in [1.165, 1.54) is 12.8 Å². The minimum atomic E-state index is -0.600. The Morgan fingerprint density at radius 2 is 2.00 bits per heavy atom. The molecular weight excluding hydrogens is 242 g/mol. The lowest BCUT2D eigenvalue weighted by Crippen LogP contribution is -2.66. The van der Waals surface area contributed by atoms with Crippen molar-refractivity contribution < 1.29 is 4.79 Å². The van der Waals surface area contributed by atoms with E-state index in [9.17, 15) is 4.79 Å². The SMILES string of the molecule is CN1CCN(C(=NC2CCCC2)NN)C(C)(C)C1=O. The Balaban J connectivity index is 2.19. The molecule has 1 saturated heterocycles. The number of carbonyl (C=O) groups is 1. The second-order valence-electron chi connectivity index (χ2n) is 5.97. The lowest BCUT2D eigenvalue weighted by Gasteiger charge is -2.46. The van der Waals surface area contributed by atoms with Gasteiger partial charge in [-0.2, -0.15) is 0 Å². The van der Waals surface area contributed by atoms with Gasteiger partial charge in [-0.05, 0) is 26.7 Å². The van der Waals surface area contributed by atoms with Crippen molar-refractivity contribution in [2.24, 2.45) is 10.8 Å². The molecule has 0 unspecified atom stereocenters. The largest absolute Gasteiger partial charge is 0.342 e. The lowest BCUT2D eigenvalue weighted by molar-refractivity contribution is -0.143. The van der Waals surface area contributed by atoms with E-state index < -0.39 is 5.54 Å². The molecule has 0 aromatic heterocycles. The Hall–Kier alpha value is -1.30. The maximum Gasteiger partial charge on any atom is 0.247 e. The van der Waals surface area contributed by atoms with Gasteiger partial charge in [-0.25, -0.2) is 10.8 Å². The number of aliphatic imine (C=N–C) groups is 1. The maximum absolute atomic E-state index is 12.3. The quantitative estimate of drug-likeness (QED) is 0.310. The highest BCUT2D eigenvalue weighted by Gasteiger charge is 2.42. The molecule has 108 valence electrons. The molecule has 1 aliphatic heterocycles. The fraction of sp³-hybridized carbons (Fsp3) is 0.846. The summed E-state index contributed by atoms with van der Waals surface area (Å²) in [6.45, 7) is 5.30. The van der Waals surface area contributed by atoms with Crippen LogP contribution < -0.4 is 11.3 Å². The van der Waals surface area contributed by atoms with Crippen molar-refractivity contribution in [2.45, 2.75) is 51.1 Å². The summed E-state index contributed by atoms with van der Waals surface area (Å²) in [6.07, 6.45) is 4.70. The summed E-state index contributed by atoms with van der Waals surface area (Å²) in [7, 11) is 1.84. The monoisotopic (exact) mass is 267 g/mol. The number of nitrogens with two attached hydrogens (primary N) is 1. The predicted molar refractivity (Wildman–Crippen MR) is 75.4 cm³/mol. The van der Waals surface area contributed by atoms with E-state index in [1.54, 1.807) is 4.90 Å². The first-order valence-corrected chi connectivity index (χ1v) is 7.04. The smallest absolute Gasteiger partial charge is 0.247 e. The number of hydrazine groups is 1. The van der Waals surface area contributed by atoms with Crippen molar-refractivity contribution in [3.8, 4) is 0 Å². The van der Waals surface area contributed by atoms with Gasteiger partial charge in [0.15, 0.2) is 0 Å². The average molecular weight is 267 g/mol. The minimum absolute atomic E-state index is 0.105. The molecule has 6 nitrogen and oxygen atoms in total. The third-order valence-corrected chi connectivity index (χ3v) is 4.22. The van der Waals surface area contributed by atoms with Crippen LogP contribution in [0.3, 0.4) is 0 Å². The fourth-order valence-corrected chi connectivity index (χ4v) is 2.98. The summed E-state index contributed by atoms with van der Waals surface area (Å²) in [5, 5.41) is 0. The van der Waals surface area contributed by atoms with Crippen LogP contribution in [0.4, 0.5) is 0 Å². The minimum Gasteiger partial charge on any atom is -0.342 e. The molecule has 1 heterocycles. The molecule has 1 saturated carbocycles. The van der Waals surface area contributed by atoms with Gasteiger partial charge in [-0.3, -0.25) is 10.2 Å². The first kappa shape index (κ1) is 14.1. The van der Waals surface area contributed by atoms with Crippen molar-refractivity contribution in [2.75, 3.05) is 20.1 Å². The Morgan fingerprint density at radius 1 is 1.37 bits per heavy atom. The highest BCUT2D eigenvalue weighted by Crippen LogP contribution is 2.24. The van der Waals surface area contributed by atoms with E-state index in [0.29, 0.717) is 18.5 Å². The molecule has 0 spiro atoms. The van der Waals surface area contributed by atoms with Gasteiger partial charge in [0.25, 0.3) is 0 Å². The first-order valence-electron chi connectivity index (χ1n) is 7.04. The summed E-state index contributed by atoms with van der Waals surface area (Å²) in [4.78, 5) is 20.7. The second-order valence-corrected chi connectivity index (χ2v) is 5.97. The molecule has 1 amide bonds. The molecule has 0 radical (unpaired) electrons. The number of guanidine groups is 1. The molecule has 6 heteroatoms. The number of carbonyl (C=O) groups excluding carboxylic acids is 1. The zero-order valence-corrected chi connectivity index (χ0v) is 12.1. The van der Waals surface area contributed by atoms with Crippen molar-refractivity contribution in [3.05, 3.63) is 0 Å². The number of hydrogen-bond acceptors (Lipinski definition) is 3. The number of nitrogens with one attached hydrogen (secondary N) is 1. The van der Waals surface area contributed by atoms with Crippen LogP contribution in [0.2, 0.25) is 0 Å². The van der Waals surface area contributed by atoms with Gasteiger partial charge in [-0.1, -0.05) is 12.8 Å². The highest BCUT2D eigenvalue weighted by atomic mass is 16.2. The summed E-state index contributed by atoms with van der Waals surface area (Å²) < 4.78 is 0. The molecule has 19 heavy (non-hydrogen) atoms. The van der Waals surface area contributed by atoms with Gasteiger partial charge in [0.2, 0.25) is 11.9 Å². The standard InChI is InChI=1S/C13H25N5O/c1-13(2)11(19)17(3)8-9-18(13)12(16-14)15-10-6-4-5-7-10/h10H,4-9,14H2,1-3H3,(H,15,16).